The van der Waals surface area contributed by atoms with Crippen LogP contribution in [0.15, 0.2) is 35.2 Å². The van der Waals surface area contributed by atoms with Crippen molar-refractivity contribution in [1.29, 1.82) is 0 Å². The molecule has 0 fully saturated rings. The molecule has 0 amide bonds. The van der Waals surface area contributed by atoms with Gasteiger partial charge in [-0.25, -0.2) is 0 Å². The van der Waals surface area contributed by atoms with Gasteiger partial charge in [-0.15, -0.1) is 0 Å². The van der Waals surface area contributed by atoms with Gasteiger partial charge in [0.2, 0.25) is 0 Å². The van der Waals surface area contributed by atoms with E-state index in [2.05, 4.69) is 22.6 Å². The van der Waals surface area contributed by atoms with Crippen LogP contribution in [0.25, 0.3) is 0 Å². The topological polar surface area (TPSA) is 126 Å². The summed E-state index contributed by atoms with van der Waals surface area (Å²) < 4.78 is 79.2. The molecule has 0 atom stereocenters. The molecule has 0 bridgehead atoms. The SMILES string of the molecule is O=S(=O)(OCCOCCOCCOCCOCCOCCOCCOCCOCCOCCCCCCI)c1ccccc1. The highest BCUT2D eigenvalue weighted by Gasteiger charge is 2.13. The van der Waals surface area contributed by atoms with E-state index in [4.69, 9.17) is 46.8 Å². The largest absolute Gasteiger partial charge is 0.379 e. The van der Waals surface area contributed by atoms with E-state index in [0.29, 0.717) is 106 Å². The van der Waals surface area contributed by atoms with Gasteiger partial charge in [0.1, 0.15) is 0 Å². The highest BCUT2D eigenvalue weighted by Crippen LogP contribution is 2.10. The first-order chi connectivity index (χ1) is 21.7. The standard InChI is InChI=1S/C30H53IO12S/c31-10-6-1-2-7-11-34-12-13-35-14-15-36-16-17-37-18-19-38-20-21-39-22-23-40-24-25-41-26-27-42-28-29-43-44(32,33)30-8-4-3-5-9-30/h3-5,8-9H,1-2,6-7,10-29H2. The molecule has 0 unspecified atom stereocenters. The van der Waals surface area contributed by atoms with Crippen molar-refractivity contribution in [3.8, 4) is 0 Å². The molecule has 0 spiro atoms. The zero-order chi connectivity index (χ0) is 31.7. The lowest BCUT2D eigenvalue weighted by molar-refractivity contribution is -0.0254. The Hall–Kier alpha value is -0.500. The van der Waals surface area contributed by atoms with E-state index < -0.39 is 10.1 Å². The highest BCUT2D eigenvalue weighted by atomic mass is 127. The molecule has 258 valence electrons. The van der Waals surface area contributed by atoms with Gasteiger partial charge in [0, 0.05) is 6.61 Å². The molecule has 0 aliphatic carbocycles. The Morgan fingerprint density at radius 3 is 1.09 bits per heavy atom. The molecule has 1 aromatic carbocycles. The molecule has 0 aliphatic rings. The lowest BCUT2D eigenvalue weighted by Crippen LogP contribution is -2.15. The molecule has 0 aromatic heterocycles. The van der Waals surface area contributed by atoms with Crippen LogP contribution < -0.4 is 0 Å². The van der Waals surface area contributed by atoms with Crippen LogP contribution in [-0.4, -0.2) is 138 Å². The zero-order valence-electron chi connectivity index (χ0n) is 26.0. The number of benzene rings is 1. The van der Waals surface area contributed by atoms with Crippen LogP contribution >= 0.6 is 22.6 Å². The predicted molar refractivity (Wildman–Crippen MR) is 174 cm³/mol. The molecular weight excluding hydrogens is 711 g/mol. The highest BCUT2D eigenvalue weighted by molar-refractivity contribution is 14.1. The fraction of sp³-hybridized carbons (Fsp3) is 0.800. The van der Waals surface area contributed by atoms with E-state index in [1.165, 1.54) is 35.8 Å². The first kappa shape index (κ1) is 41.5. The lowest BCUT2D eigenvalue weighted by Gasteiger charge is -2.09. The van der Waals surface area contributed by atoms with E-state index in [1.54, 1.807) is 18.2 Å². The van der Waals surface area contributed by atoms with Crippen molar-refractivity contribution >= 4 is 32.7 Å². The number of hydrogen-bond acceptors (Lipinski definition) is 12. The normalized spacial score (nSPS) is 11.8. The third-order valence-corrected chi connectivity index (χ3v) is 7.74. The van der Waals surface area contributed by atoms with E-state index in [-0.39, 0.29) is 18.1 Å². The molecular formula is C30H53IO12S. The van der Waals surface area contributed by atoms with Crippen LogP contribution in [0.1, 0.15) is 25.7 Å². The van der Waals surface area contributed by atoms with E-state index >= 15 is 0 Å². The third-order valence-electron chi connectivity index (χ3n) is 5.65. The molecule has 0 aliphatic heterocycles. The van der Waals surface area contributed by atoms with E-state index in [1.807, 2.05) is 0 Å². The fourth-order valence-corrected chi connectivity index (χ4v) is 4.82. The molecule has 14 heteroatoms. The first-order valence-electron chi connectivity index (χ1n) is 15.4. The van der Waals surface area contributed by atoms with Crippen LogP contribution in [0.2, 0.25) is 0 Å². The number of unbranched alkanes of at least 4 members (excludes halogenated alkanes) is 3. The van der Waals surface area contributed by atoms with Gasteiger partial charge in [0.05, 0.1) is 124 Å². The summed E-state index contributed by atoms with van der Waals surface area (Å²) in [4.78, 5) is 0.124. The molecule has 0 saturated heterocycles. The molecule has 1 rings (SSSR count). The number of hydrogen-bond donors (Lipinski definition) is 0. The summed E-state index contributed by atoms with van der Waals surface area (Å²) in [5, 5.41) is 0. The second-order valence-electron chi connectivity index (χ2n) is 9.20. The van der Waals surface area contributed by atoms with Crippen molar-refractivity contribution in [3.05, 3.63) is 30.3 Å². The number of halogens is 1. The van der Waals surface area contributed by atoms with Crippen molar-refractivity contribution in [2.24, 2.45) is 0 Å². The Bertz CT molecular complexity index is 820. The Morgan fingerprint density at radius 2 is 0.727 bits per heavy atom. The van der Waals surface area contributed by atoms with Crippen LogP contribution in [0.4, 0.5) is 0 Å². The minimum absolute atomic E-state index is 0.0538. The molecule has 0 N–H and O–H groups in total. The maximum atomic E-state index is 12.0. The van der Waals surface area contributed by atoms with Crippen molar-refractivity contribution in [1.82, 2.24) is 0 Å². The third kappa shape index (κ3) is 27.8. The quantitative estimate of drug-likeness (QED) is 0.0435. The van der Waals surface area contributed by atoms with Crippen molar-refractivity contribution in [3.63, 3.8) is 0 Å². The maximum Gasteiger partial charge on any atom is 0.297 e. The predicted octanol–water partition coefficient (Wildman–Crippen LogP) is 3.54. The Kier molecular flexibility index (Phi) is 30.6. The summed E-state index contributed by atoms with van der Waals surface area (Å²) in [6.07, 6.45) is 4.95. The fourth-order valence-electron chi connectivity index (χ4n) is 3.37. The maximum absolute atomic E-state index is 12.0. The van der Waals surface area contributed by atoms with E-state index in [9.17, 15) is 8.42 Å². The van der Waals surface area contributed by atoms with Crippen molar-refractivity contribution in [2.45, 2.75) is 30.6 Å². The average molecular weight is 765 g/mol. The number of ether oxygens (including phenoxy) is 9. The van der Waals surface area contributed by atoms with Gasteiger partial charge >= 0.3 is 0 Å². The summed E-state index contributed by atoms with van der Waals surface area (Å²) in [6, 6.07) is 7.99. The molecule has 1 aromatic rings. The molecule has 0 heterocycles. The second-order valence-corrected chi connectivity index (χ2v) is 11.9. The summed E-state index contributed by atoms with van der Waals surface area (Å²) in [7, 11) is -3.75. The molecule has 44 heavy (non-hydrogen) atoms. The Morgan fingerprint density at radius 1 is 0.409 bits per heavy atom. The summed E-state index contributed by atoms with van der Waals surface area (Å²) in [5.74, 6) is 0. The monoisotopic (exact) mass is 764 g/mol. The van der Waals surface area contributed by atoms with Crippen LogP contribution in [0.5, 0.6) is 0 Å². The van der Waals surface area contributed by atoms with Gasteiger partial charge in [0.15, 0.2) is 0 Å². The van der Waals surface area contributed by atoms with E-state index in [0.717, 1.165) is 13.0 Å². The molecule has 0 saturated carbocycles. The van der Waals surface area contributed by atoms with Gasteiger partial charge in [-0.3, -0.25) is 4.18 Å². The van der Waals surface area contributed by atoms with Crippen molar-refractivity contribution < 1.29 is 55.2 Å². The molecule has 0 radical (unpaired) electrons. The van der Waals surface area contributed by atoms with Crippen molar-refractivity contribution in [2.75, 3.05) is 130 Å². The van der Waals surface area contributed by atoms with Crippen LogP contribution in [0, 0.1) is 0 Å². The summed E-state index contributed by atoms with van der Waals surface area (Å²) >= 11 is 2.41. The lowest BCUT2D eigenvalue weighted by atomic mass is 10.2. The average Bonchev–Trinajstić information content (AvgIpc) is 3.03. The first-order valence-corrected chi connectivity index (χ1v) is 18.3. The van der Waals surface area contributed by atoms with Gasteiger partial charge in [-0.1, -0.05) is 53.6 Å². The minimum atomic E-state index is -3.75. The smallest absolute Gasteiger partial charge is 0.297 e. The van der Waals surface area contributed by atoms with Crippen LogP contribution in [0.3, 0.4) is 0 Å². The minimum Gasteiger partial charge on any atom is -0.379 e. The summed E-state index contributed by atoms with van der Waals surface area (Å²) in [5.41, 5.74) is 0. The van der Waals surface area contributed by atoms with Gasteiger partial charge in [-0.2, -0.15) is 8.42 Å². The molecule has 12 nitrogen and oxygen atoms in total. The van der Waals surface area contributed by atoms with Crippen LogP contribution in [-0.2, 0) is 56.9 Å². The zero-order valence-corrected chi connectivity index (χ0v) is 29.0. The summed E-state index contributed by atoms with van der Waals surface area (Å²) in [6.45, 7) is 8.81. The second kappa shape index (κ2) is 32.4. The number of alkyl halides is 1. The van der Waals surface area contributed by atoms with Gasteiger partial charge in [0.25, 0.3) is 10.1 Å². The Balaban J connectivity index is 1.67. The van der Waals surface area contributed by atoms with Gasteiger partial charge < -0.3 is 42.6 Å². The van der Waals surface area contributed by atoms with Gasteiger partial charge in [-0.05, 0) is 29.4 Å². The Labute approximate surface area is 277 Å². The number of rotatable bonds is 35.